The van der Waals surface area contributed by atoms with Crippen molar-refractivity contribution < 1.29 is 29.8 Å². The van der Waals surface area contributed by atoms with Gasteiger partial charge in [-0.15, -0.1) is 0 Å². The Kier molecular flexibility index (Phi) is 11.4. The SMILES string of the molecule is CC1(C)c2ccccc2N(CCCCCCCCCCC(=O)O)C12C=Cc1cc([N+](=O)[O-])cc(CN(CCO)CCO)c1O2. The van der Waals surface area contributed by atoms with Gasteiger partial charge in [0.15, 0.2) is 0 Å². The second-order valence-electron chi connectivity index (χ2n) is 12.4. The number of nitro benzene ring substituents is 1. The average Bonchev–Trinajstić information content (AvgIpc) is 3.16. The van der Waals surface area contributed by atoms with Gasteiger partial charge >= 0.3 is 5.97 Å². The van der Waals surface area contributed by atoms with E-state index in [1.807, 2.05) is 23.1 Å². The fourth-order valence-electron chi connectivity index (χ4n) is 6.67. The summed E-state index contributed by atoms with van der Waals surface area (Å²) in [6.45, 7) is 5.89. The molecule has 0 saturated heterocycles. The van der Waals surface area contributed by atoms with Gasteiger partial charge in [-0.25, -0.2) is 0 Å². The Balaban J connectivity index is 1.56. The predicted octanol–water partition coefficient (Wildman–Crippen LogP) is 5.88. The van der Waals surface area contributed by atoms with Gasteiger partial charge in [0.2, 0.25) is 5.72 Å². The number of fused-ring (bicyclic) bond motifs is 2. The molecule has 0 amide bonds. The third-order valence-electron chi connectivity index (χ3n) is 9.05. The highest BCUT2D eigenvalue weighted by Gasteiger charge is 2.58. The van der Waals surface area contributed by atoms with Crippen molar-refractivity contribution >= 4 is 23.4 Å². The summed E-state index contributed by atoms with van der Waals surface area (Å²) in [6, 6.07) is 11.5. The Labute approximate surface area is 260 Å². The Morgan fingerprint density at radius 2 is 1.61 bits per heavy atom. The number of hydrogen-bond donors (Lipinski definition) is 3. The van der Waals surface area contributed by atoms with Gasteiger partial charge in [0, 0.05) is 61.5 Å². The largest absolute Gasteiger partial charge is 0.481 e. The summed E-state index contributed by atoms with van der Waals surface area (Å²) in [5.74, 6) is -0.134. The maximum atomic E-state index is 11.8. The molecule has 2 aliphatic rings. The molecule has 0 aromatic heterocycles. The van der Waals surface area contributed by atoms with Crippen molar-refractivity contribution in [3.05, 3.63) is 69.3 Å². The first-order valence-corrected chi connectivity index (χ1v) is 15.9. The van der Waals surface area contributed by atoms with E-state index in [-0.39, 0.29) is 25.3 Å². The number of carboxylic acids is 1. The van der Waals surface area contributed by atoms with Gasteiger partial charge in [-0.1, -0.05) is 56.7 Å². The average molecular weight is 610 g/mol. The fraction of sp³-hybridized carbons (Fsp3) is 0.559. The van der Waals surface area contributed by atoms with E-state index in [9.17, 15) is 25.1 Å². The number of para-hydroxylation sites is 1. The highest BCUT2D eigenvalue weighted by Crippen LogP contribution is 2.55. The molecule has 0 aliphatic carbocycles. The number of rotatable bonds is 18. The number of nitrogens with zero attached hydrogens (tertiary/aromatic N) is 3. The van der Waals surface area contributed by atoms with Gasteiger partial charge in [0.05, 0.1) is 23.6 Å². The van der Waals surface area contributed by atoms with Crippen molar-refractivity contribution in [1.82, 2.24) is 4.90 Å². The number of carbonyl (C=O) groups is 1. The molecule has 2 heterocycles. The van der Waals surface area contributed by atoms with Crippen molar-refractivity contribution in [2.45, 2.75) is 89.3 Å². The van der Waals surface area contributed by atoms with E-state index in [4.69, 9.17) is 9.84 Å². The third-order valence-corrected chi connectivity index (χ3v) is 9.05. The van der Waals surface area contributed by atoms with Crippen LogP contribution in [0.5, 0.6) is 5.75 Å². The zero-order valence-corrected chi connectivity index (χ0v) is 26.0. The number of carboxylic acid groups (broad SMARTS) is 1. The van der Waals surface area contributed by atoms with Gasteiger partial charge in [0.25, 0.3) is 5.69 Å². The summed E-state index contributed by atoms with van der Waals surface area (Å²) in [4.78, 5) is 26.3. The normalized spacial score (nSPS) is 18.0. The van der Waals surface area contributed by atoms with Crippen molar-refractivity contribution in [2.24, 2.45) is 0 Å². The van der Waals surface area contributed by atoms with Crippen molar-refractivity contribution in [3.8, 4) is 5.75 Å². The molecular formula is C34H47N3O7. The molecule has 2 aliphatic heterocycles. The first-order valence-electron chi connectivity index (χ1n) is 15.9. The summed E-state index contributed by atoms with van der Waals surface area (Å²) < 4.78 is 7.09. The van der Waals surface area contributed by atoms with Crippen molar-refractivity contribution in [1.29, 1.82) is 0 Å². The van der Waals surface area contributed by atoms with E-state index >= 15 is 0 Å². The van der Waals surface area contributed by atoms with E-state index in [0.717, 1.165) is 63.6 Å². The van der Waals surface area contributed by atoms with Crippen LogP contribution in [-0.2, 0) is 16.8 Å². The molecule has 10 nitrogen and oxygen atoms in total. The smallest absolute Gasteiger partial charge is 0.303 e. The Morgan fingerprint density at radius 3 is 2.25 bits per heavy atom. The number of aliphatic hydroxyl groups excluding tert-OH is 2. The minimum Gasteiger partial charge on any atom is -0.481 e. The van der Waals surface area contributed by atoms with Gasteiger partial charge in [-0.2, -0.15) is 0 Å². The summed E-state index contributed by atoms with van der Waals surface area (Å²) in [5, 5.41) is 39.8. The van der Waals surface area contributed by atoms with Crippen LogP contribution in [0, 0.1) is 10.1 Å². The Bertz CT molecular complexity index is 1320. The van der Waals surface area contributed by atoms with Crippen LogP contribution in [0.25, 0.3) is 6.08 Å². The van der Waals surface area contributed by atoms with Crippen LogP contribution in [0.4, 0.5) is 11.4 Å². The molecule has 0 saturated carbocycles. The van der Waals surface area contributed by atoms with E-state index in [1.165, 1.54) is 5.56 Å². The number of ether oxygens (including phenoxy) is 1. The second-order valence-corrected chi connectivity index (χ2v) is 12.4. The zero-order valence-electron chi connectivity index (χ0n) is 26.0. The topological polar surface area (TPSA) is 137 Å². The molecular weight excluding hydrogens is 562 g/mol. The lowest BCUT2D eigenvalue weighted by atomic mass is 9.76. The van der Waals surface area contributed by atoms with Gasteiger partial charge < -0.3 is 25.0 Å². The lowest BCUT2D eigenvalue weighted by Gasteiger charge is -2.47. The number of non-ortho nitro benzene ring substituents is 1. The molecule has 2 aromatic rings. The standard InChI is InChI=1S/C34H47N3O7/c1-33(2)29-13-10-11-14-30(29)36(18-12-8-6-4-3-5-7-9-15-31(40)41)34(33)17-16-26-23-28(37(42)43)24-27(32(26)44-34)25-35(19-21-38)20-22-39/h10-11,13-14,16-17,23-24,38-39H,3-9,12,15,18-22,25H2,1-2H3,(H,40,41). The second kappa shape index (κ2) is 15.0. The van der Waals surface area contributed by atoms with Crippen LogP contribution < -0.4 is 9.64 Å². The lowest BCUT2D eigenvalue weighted by Crippen LogP contribution is -2.59. The Hall–Kier alpha value is -3.47. The highest BCUT2D eigenvalue weighted by molar-refractivity contribution is 5.74. The van der Waals surface area contributed by atoms with Crippen LogP contribution >= 0.6 is 0 Å². The summed E-state index contributed by atoms with van der Waals surface area (Å²) in [6.07, 6.45) is 12.4. The molecule has 4 rings (SSSR count). The Morgan fingerprint density at radius 1 is 0.977 bits per heavy atom. The number of aliphatic carboxylic acids is 1. The maximum absolute atomic E-state index is 11.8. The lowest BCUT2D eigenvalue weighted by molar-refractivity contribution is -0.385. The van der Waals surface area contributed by atoms with Crippen LogP contribution in [0.2, 0.25) is 0 Å². The zero-order chi connectivity index (χ0) is 31.7. The number of benzene rings is 2. The highest BCUT2D eigenvalue weighted by atomic mass is 16.6. The summed E-state index contributed by atoms with van der Waals surface area (Å²) in [5.41, 5.74) is 2.27. The monoisotopic (exact) mass is 609 g/mol. The molecule has 0 radical (unpaired) electrons. The third kappa shape index (κ3) is 7.25. The minimum absolute atomic E-state index is 0.0244. The number of aliphatic hydroxyl groups is 2. The van der Waals surface area contributed by atoms with Crippen LogP contribution in [0.3, 0.4) is 0 Å². The quantitative estimate of drug-likeness (QED) is 0.108. The van der Waals surface area contributed by atoms with E-state index < -0.39 is 22.0 Å². The van der Waals surface area contributed by atoms with Crippen LogP contribution in [0.1, 0.15) is 88.3 Å². The molecule has 1 unspecified atom stereocenters. The van der Waals surface area contributed by atoms with Crippen LogP contribution in [-0.4, -0.2) is 69.7 Å². The molecule has 2 aromatic carbocycles. The van der Waals surface area contributed by atoms with Crippen LogP contribution in [0.15, 0.2) is 42.5 Å². The van der Waals surface area contributed by atoms with Crippen molar-refractivity contribution in [2.75, 3.05) is 37.7 Å². The maximum Gasteiger partial charge on any atom is 0.303 e. The fourth-order valence-corrected chi connectivity index (χ4v) is 6.67. The number of nitro groups is 1. The molecule has 10 heteroatoms. The van der Waals surface area contributed by atoms with E-state index in [1.54, 1.807) is 12.1 Å². The molecule has 1 atom stereocenters. The van der Waals surface area contributed by atoms with Crippen molar-refractivity contribution in [3.63, 3.8) is 0 Å². The van der Waals surface area contributed by atoms with Gasteiger partial charge in [-0.05, 0) is 50.5 Å². The number of unbranched alkanes of at least 4 members (excludes halogenated alkanes) is 7. The molecule has 0 bridgehead atoms. The van der Waals surface area contributed by atoms with E-state index in [2.05, 4.69) is 37.0 Å². The predicted molar refractivity (Wildman–Crippen MR) is 171 cm³/mol. The first kappa shape index (κ1) is 33.4. The van der Waals surface area contributed by atoms with E-state index in [0.29, 0.717) is 36.5 Å². The molecule has 44 heavy (non-hydrogen) atoms. The molecule has 0 fully saturated rings. The summed E-state index contributed by atoms with van der Waals surface area (Å²) >= 11 is 0. The first-order chi connectivity index (χ1) is 21.1. The van der Waals surface area contributed by atoms with Gasteiger partial charge in [0.1, 0.15) is 5.75 Å². The van der Waals surface area contributed by atoms with Gasteiger partial charge in [-0.3, -0.25) is 19.8 Å². The molecule has 1 spiro atoms. The molecule has 3 N–H and O–H groups in total. The minimum atomic E-state index is -0.850. The number of hydrogen-bond acceptors (Lipinski definition) is 8. The molecule has 240 valence electrons. The summed E-state index contributed by atoms with van der Waals surface area (Å²) in [7, 11) is 0. The number of anilines is 1.